The third kappa shape index (κ3) is 5.73. The molecule has 0 aromatic heterocycles. The van der Waals surface area contributed by atoms with Crippen LogP contribution in [-0.2, 0) is 21.4 Å². The van der Waals surface area contributed by atoms with E-state index < -0.39 is 10.0 Å². The van der Waals surface area contributed by atoms with Crippen LogP contribution in [0.15, 0.2) is 36.9 Å². The fraction of sp³-hybridized carbons (Fsp3) is 0.308. The van der Waals surface area contributed by atoms with Crippen molar-refractivity contribution in [3.63, 3.8) is 0 Å². The third-order valence-electron chi connectivity index (χ3n) is 2.52. The summed E-state index contributed by atoms with van der Waals surface area (Å²) in [6, 6.07) is 7.04. The molecule has 5 nitrogen and oxygen atoms in total. The minimum absolute atomic E-state index is 0.104. The highest BCUT2D eigenvalue weighted by Gasteiger charge is 2.18. The maximum atomic E-state index is 11.7. The lowest BCUT2D eigenvalue weighted by Gasteiger charge is -2.17. The quantitative estimate of drug-likeness (QED) is 0.773. The SMILES string of the molecule is C=CCN(CC(=O)NCc1ccc(Cl)cc1)S(C)(=O)=O. The van der Waals surface area contributed by atoms with Gasteiger partial charge in [0.2, 0.25) is 15.9 Å². The number of halogens is 1. The Balaban J connectivity index is 2.54. The fourth-order valence-electron chi connectivity index (χ4n) is 1.48. The van der Waals surface area contributed by atoms with Crippen LogP contribution in [0.4, 0.5) is 0 Å². The average Bonchev–Trinajstić information content (AvgIpc) is 2.36. The molecule has 0 unspecified atom stereocenters. The maximum absolute atomic E-state index is 11.7. The van der Waals surface area contributed by atoms with Gasteiger partial charge in [0, 0.05) is 18.1 Å². The second-order valence-electron chi connectivity index (χ2n) is 4.25. The standard InChI is InChI=1S/C13H17ClN2O3S/c1-3-8-16(20(2,18)19)10-13(17)15-9-11-4-6-12(14)7-5-11/h3-7H,1,8-10H2,2H3,(H,15,17). The normalized spacial score (nSPS) is 11.3. The zero-order chi connectivity index (χ0) is 15.2. The highest BCUT2D eigenvalue weighted by Crippen LogP contribution is 2.09. The molecule has 0 atom stereocenters. The molecular weight excluding hydrogens is 300 g/mol. The van der Waals surface area contributed by atoms with Gasteiger partial charge >= 0.3 is 0 Å². The van der Waals surface area contributed by atoms with Crippen LogP contribution in [0.5, 0.6) is 0 Å². The molecular formula is C13H17ClN2O3S. The lowest BCUT2D eigenvalue weighted by atomic mass is 10.2. The van der Waals surface area contributed by atoms with Crippen molar-refractivity contribution in [3.05, 3.63) is 47.5 Å². The number of benzene rings is 1. The Labute approximate surface area is 124 Å². The van der Waals surface area contributed by atoms with E-state index in [1.165, 1.54) is 6.08 Å². The summed E-state index contributed by atoms with van der Waals surface area (Å²) in [4.78, 5) is 11.7. The van der Waals surface area contributed by atoms with E-state index in [1.54, 1.807) is 24.3 Å². The van der Waals surface area contributed by atoms with Crippen LogP contribution < -0.4 is 5.32 Å². The molecule has 110 valence electrons. The zero-order valence-electron chi connectivity index (χ0n) is 11.2. The Kier molecular flexibility index (Phi) is 6.19. The number of nitrogens with one attached hydrogen (secondary N) is 1. The number of sulfonamides is 1. The number of rotatable bonds is 7. The van der Waals surface area contributed by atoms with Gasteiger partial charge in [-0.2, -0.15) is 4.31 Å². The number of hydrogen-bond acceptors (Lipinski definition) is 3. The van der Waals surface area contributed by atoms with Crippen LogP contribution in [0.25, 0.3) is 0 Å². The Hall–Kier alpha value is -1.37. The third-order valence-corrected chi connectivity index (χ3v) is 3.99. The average molecular weight is 317 g/mol. The molecule has 0 saturated heterocycles. The van der Waals surface area contributed by atoms with E-state index in [-0.39, 0.29) is 19.0 Å². The molecule has 1 aromatic carbocycles. The van der Waals surface area contributed by atoms with Crippen LogP contribution in [0.1, 0.15) is 5.56 Å². The minimum atomic E-state index is -3.43. The van der Waals surface area contributed by atoms with Gasteiger partial charge in [-0.15, -0.1) is 6.58 Å². The first-order valence-electron chi connectivity index (χ1n) is 5.90. The smallest absolute Gasteiger partial charge is 0.235 e. The first-order chi connectivity index (χ1) is 9.32. The van der Waals surface area contributed by atoms with Crippen LogP contribution in [0, 0.1) is 0 Å². The van der Waals surface area contributed by atoms with Crippen LogP contribution >= 0.6 is 11.6 Å². The Bertz CT molecular complexity index is 570. The highest BCUT2D eigenvalue weighted by molar-refractivity contribution is 7.88. The topological polar surface area (TPSA) is 66.5 Å². The molecule has 0 saturated carbocycles. The molecule has 0 spiro atoms. The number of amides is 1. The van der Waals surface area contributed by atoms with Gasteiger partial charge in [0.05, 0.1) is 12.8 Å². The Morgan fingerprint density at radius 1 is 1.40 bits per heavy atom. The number of nitrogens with zero attached hydrogens (tertiary/aromatic N) is 1. The van der Waals surface area contributed by atoms with E-state index in [4.69, 9.17) is 11.6 Å². The molecule has 1 aromatic rings. The summed E-state index contributed by atoms with van der Waals surface area (Å²) in [7, 11) is -3.43. The van der Waals surface area contributed by atoms with Crippen molar-refractivity contribution < 1.29 is 13.2 Å². The van der Waals surface area contributed by atoms with Gasteiger partial charge in [-0.25, -0.2) is 8.42 Å². The monoisotopic (exact) mass is 316 g/mol. The van der Waals surface area contributed by atoms with E-state index in [2.05, 4.69) is 11.9 Å². The number of hydrogen-bond donors (Lipinski definition) is 1. The van der Waals surface area contributed by atoms with E-state index in [0.29, 0.717) is 11.6 Å². The van der Waals surface area contributed by atoms with Crippen molar-refractivity contribution in [2.45, 2.75) is 6.54 Å². The summed E-state index contributed by atoms with van der Waals surface area (Å²) >= 11 is 5.76. The minimum Gasteiger partial charge on any atom is -0.351 e. The first-order valence-corrected chi connectivity index (χ1v) is 8.12. The summed E-state index contributed by atoms with van der Waals surface area (Å²) in [6.45, 7) is 3.67. The lowest BCUT2D eigenvalue weighted by Crippen LogP contribution is -2.40. The van der Waals surface area contributed by atoms with Gasteiger partial charge in [0.1, 0.15) is 0 Å². The molecule has 0 radical (unpaired) electrons. The van der Waals surface area contributed by atoms with Gasteiger partial charge in [-0.05, 0) is 17.7 Å². The highest BCUT2D eigenvalue weighted by atomic mass is 35.5. The van der Waals surface area contributed by atoms with E-state index in [1.807, 2.05) is 0 Å². The van der Waals surface area contributed by atoms with Crippen molar-refractivity contribution in [2.75, 3.05) is 19.3 Å². The van der Waals surface area contributed by atoms with Gasteiger partial charge in [-0.1, -0.05) is 29.8 Å². The van der Waals surface area contributed by atoms with E-state index in [9.17, 15) is 13.2 Å². The van der Waals surface area contributed by atoms with Crippen molar-refractivity contribution in [3.8, 4) is 0 Å². The van der Waals surface area contributed by atoms with E-state index >= 15 is 0 Å². The zero-order valence-corrected chi connectivity index (χ0v) is 12.7. The molecule has 0 heterocycles. The van der Waals surface area contributed by atoms with Gasteiger partial charge in [0.25, 0.3) is 0 Å². The van der Waals surface area contributed by atoms with Gasteiger partial charge < -0.3 is 5.32 Å². The van der Waals surface area contributed by atoms with Crippen LogP contribution in [0.3, 0.4) is 0 Å². The predicted octanol–water partition coefficient (Wildman–Crippen LogP) is 1.40. The van der Waals surface area contributed by atoms with Crippen molar-refractivity contribution in [1.82, 2.24) is 9.62 Å². The molecule has 7 heteroatoms. The summed E-state index contributed by atoms with van der Waals surface area (Å²) in [5.41, 5.74) is 0.886. The molecule has 1 N–H and O–H groups in total. The number of carbonyl (C=O) groups is 1. The molecule has 20 heavy (non-hydrogen) atoms. The van der Waals surface area contributed by atoms with Crippen molar-refractivity contribution in [2.24, 2.45) is 0 Å². The molecule has 1 rings (SSSR count). The van der Waals surface area contributed by atoms with Crippen LogP contribution in [-0.4, -0.2) is 38.0 Å². The molecule has 0 bridgehead atoms. The molecule has 0 fully saturated rings. The molecule has 0 aliphatic carbocycles. The Morgan fingerprint density at radius 3 is 2.50 bits per heavy atom. The van der Waals surface area contributed by atoms with Gasteiger partial charge in [-0.3, -0.25) is 4.79 Å². The molecule has 0 aliphatic rings. The first kappa shape index (κ1) is 16.7. The van der Waals surface area contributed by atoms with Crippen LogP contribution in [0.2, 0.25) is 5.02 Å². The summed E-state index contributed by atoms with van der Waals surface area (Å²) < 4.78 is 24.0. The predicted molar refractivity (Wildman–Crippen MR) is 79.9 cm³/mol. The molecule has 1 amide bonds. The fourth-order valence-corrected chi connectivity index (χ4v) is 2.33. The van der Waals surface area contributed by atoms with Gasteiger partial charge in [0.15, 0.2) is 0 Å². The van der Waals surface area contributed by atoms with Crippen molar-refractivity contribution >= 4 is 27.5 Å². The second-order valence-corrected chi connectivity index (χ2v) is 6.67. The molecule has 0 aliphatic heterocycles. The Morgan fingerprint density at radius 2 is 2.00 bits per heavy atom. The number of carbonyl (C=O) groups excluding carboxylic acids is 1. The maximum Gasteiger partial charge on any atom is 0.235 e. The second kappa shape index (κ2) is 7.42. The summed E-state index contributed by atoms with van der Waals surface area (Å²) in [5, 5.41) is 3.28. The largest absolute Gasteiger partial charge is 0.351 e. The summed E-state index contributed by atoms with van der Waals surface area (Å²) in [5.74, 6) is -0.368. The van der Waals surface area contributed by atoms with Crippen molar-refractivity contribution in [1.29, 1.82) is 0 Å². The van der Waals surface area contributed by atoms with E-state index in [0.717, 1.165) is 16.1 Å². The lowest BCUT2D eigenvalue weighted by molar-refractivity contribution is -0.121. The summed E-state index contributed by atoms with van der Waals surface area (Å²) in [6.07, 6.45) is 2.50.